The van der Waals surface area contributed by atoms with Gasteiger partial charge in [0, 0.05) is 18.3 Å². The molecular weight excluding hydrogens is 178 g/mol. The number of rotatable bonds is 4. The highest BCUT2D eigenvalue weighted by molar-refractivity contribution is 5.51. The van der Waals surface area contributed by atoms with E-state index in [0.29, 0.717) is 12.6 Å². The largest absolute Gasteiger partial charge is 0.490 e. The molecule has 0 aliphatic heterocycles. The van der Waals surface area contributed by atoms with Crippen LogP contribution in [0, 0.1) is 0 Å². The van der Waals surface area contributed by atoms with Gasteiger partial charge in [-0.2, -0.15) is 0 Å². The van der Waals surface area contributed by atoms with E-state index in [1.54, 1.807) is 6.20 Å². The van der Waals surface area contributed by atoms with Crippen molar-refractivity contribution in [3.63, 3.8) is 0 Å². The van der Waals surface area contributed by atoms with Crippen molar-refractivity contribution in [2.75, 3.05) is 11.9 Å². The lowest BCUT2D eigenvalue weighted by Gasteiger charge is -2.09. The highest BCUT2D eigenvalue weighted by atomic mass is 16.5. The first-order valence-corrected chi connectivity index (χ1v) is 4.91. The van der Waals surface area contributed by atoms with Crippen molar-refractivity contribution in [1.82, 2.24) is 4.98 Å². The monoisotopic (exact) mass is 193 g/mol. The fourth-order valence-electron chi connectivity index (χ4n) is 1.33. The Morgan fingerprint density at radius 1 is 1.71 bits per heavy atom. The molecule has 2 unspecified atom stereocenters. The molecule has 4 nitrogen and oxygen atoms in total. The molecule has 1 saturated carbocycles. The summed E-state index contributed by atoms with van der Waals surface area (Å²) in [6.45, 7) is 2.61. The van der Waals surface area contributed by atoms with Crippen molar-refractivity contribution in [3.8, 4) is 5.75 Å². The van der Waals surface area contributed by atoms with Crippen molar-refractivity contribution in [2.24, 2.45) is 5.73 Å². The van der Waals surface area contributed by atoms with Crippen molar-refractivity contribution in [1.29, 1.82) is 0 Å². The number of nitrogens with two attached hydrogens (primary N) is 1. The van der Waals surface area contributed by atoms with E-state index in [1.165, 1.54) is 0 Å². The zero-order valence-electron chi connectivity index (χ0n) is 8.23. The predicted octanol–water partition coefficient (Wildman–Crippen LogP) is 0.992. The first-order valence-electron chi connectivity index (χ1n) is 4.91. The van der Waals surface area contributed by atoms with Crippen molar-refractivity contribution in [2.45, 2.75) is 25.4 Å². The van der Waals surface area contributed by atoms with Crippen molar-refractivity contribution in [3.05, 3.63) is 18.3 Å². The van der Waals surface area contributed by atoms with Crippen LogP contribution >= 0.6 is 0 Å². The second kappa shape index (κ2) is 3.84. The number of pyridine rings is 1. The molecule has 1 heterocycles. The van der Waals surface area contributed by atoms with Crippen molar-refractivity contribution >= 4 is 5.82 Å². The molecule has 1 fully saturated rings. The van der Waals surface area contributed by atoms with Gasteiger partial charge in [0.1, 0.15) is 0 Å². The third-order valence-corrected chi connectivity index (χ3v) is 2.23. The van der Waals surface area contributed by atoms with E-state index in [-0.39, 0.29) is 6.04 Å². The van der Waals surface area contributed by atoms with Gasteiger partial charge in [0.2, 0.25) is 0 Å². The SMILES string of the molecule is CCOc1cccnc1NC1CC1N. The first kappa shape index (κ1) is 9.27. The molecule has 2 atom stereocenters. The molecule has 0 bridgehead atoms. The van der Waals surface area contributed by atoms with Gasteiger partial charge in [0.15, 0.2) is 11.6 Å². The van der Waals surface area contributed by atoms with Crippen LogP contribution < -0.4 is 15.8 Å². The first-order chi connectivity index (χ1) is 6.81. The summed E-state index contributed by atoms with van der Waals surface area (Å²) in [4.78, 5) is 4.22. The smallest absolute Gasteiger partial charge is 0.169 e. The molecule has 76 valence electrons. The molecule has 1 aliphatic rings. The predicted molar refractivity (Wildman–Crippen MR) is 55.4 cm³/mol. The molecule has 4 heteroatoms. The van der Waals surface area contributed by atoms with Crippen LogP contribution in [-0.2, 0) is 0 Å². The number of aromatic nitrogens is 1. The summed E-state index contributed by atoms with van der Waals surface area (Å²) in [7, 11) is 0. The molecule has 2 rings (SSSR count). The van der Waals surface area contributed by atoms with Gasteiger partial charge in [0.25, 0.3) is 0 Å². The normalized spacial score (nSPS) is 24.4. The van der Waals surface area contributed by atoms with Gasteiger partial charge in [-0.3, -0.25) is 0 Å². The molecule has 14 heavy (non-hydrogen) atoms. The van der Waals surface area contributed by atoms with Gasteiger partial charge < -0.3 is 15.8 Å². The number of ether oxygens (including phenoxy) is 1. The molecule has 3 N–H and O–H groups in total. The maximum Gasteiger partial charge on any atom is 0.169 e. The van der Waals surface area contributed by atoms with E-state index < -0.39 is 0 Å². The lowest BCUT2D eigenvalue weighted by atomic mass is 10.4. The van der Waals surface area contributed by atoms with Crippen LogP contribution in [-0.4, -0.2) is 23.7 Å². The molecule has 0 saturated heterocycles. The topological polar surface area (TPSA) is 60.2 Å². The summed E-state index contributed by atoms with van der Waals surface area (Å²) in [5.41, 5.74) is 5.71. The summed E-state index contributed by atoms with van der Waals surface area (Å²) in [5.74, 6) is 1.60. The van der Waals surface area contributed by atoms with Gasteiger partial charge >= 0.3 is 0 Å². The number of hydrogen-bond acceptors (Lipinski definition) is 4. The molecule has 0 radical (unpaired) electrons. The Bertz CT molecular complexity index is 316. The Morgan fingerprint density at radius 3 is 3.14 bits per heavy atom. The third-order valence-electron chi connectivity index (χ3n) is 2.23. The van der Waals surface area contributed by atoms with Crippen LogP contribution in [0.25, 0.3) is 0 Å². The fraction of sp³-hybridized carbons (Fsp3) is 0.500. The van der Waals surface area contributed by atoms with Gasteiger partial charge in [0.05, 0.1) is 6.61 Å². The minimum Gasteiger partial charge on any atom is -0.490 e. The maximum absolute atomic E-state index is 5.71. The molecule has 1 aromatic rings. The van der Waals surface area contributed by atoms with Crippen LogP contribution in [0.3, 0.4) is 0 Å². The van der Waals surface area contributed by atoms with E-state index >= 15 is 0 Å². The van der Waals surface area contributed by atoms with Gasteiger partial charge in [-0.05, 0) is 25.5 Å². The lowest BCUT2D eigenvalue weighted by Crippen LogP contribution is -2.14. The van der Waals surface area contributed by atoms with Crippen LogP contribution in [0.4, 0.5) is 5.82 Å². The second-order valence-electron chi connectivity index (χ2n) is 3.43. The minimum absolute atomic E-state index is 0.270. The summed E-state index contributed by atoms with van der Waals surface area (Å²) < 4.78 is 5.44. The second-order valence-corrected chi connectivity index (χ2v) is 3.43. The van der Waals surface area contributed by atoms with Gasteiger partial charge in [-0.1, -0.05) is 0 Å². The average molecular weight is 193 g/mol. The summed E-state index contributed by atoms with van der Waals surface area (Å²) >= 11 is 0. The van der Waals surface area contributed by atoms with Crippen LogP contribution in [0.15, 0.2) is 18.3 Å². The highest BCUT2D eigenvalue weighted by Gasteiger charge is 2.34. The lowest BCUT2D eigenvalue weighted by molar-refractivity contribution is 0.340. The molecular formula is C10H15N3O. The summed E-state index contributed by atoms with van der Waals surface area (Å²) in [6.07, 6.45) is 2.76. The quantitative estimate of drug-likeness (QED) is 0.748. The van der Waals surface area contributed by atoms with Crippen LogP contribution in [0.5, 0.6) is 5.75 Å². The van der Waals surface area contributed by atoms with Crippen LogP contribution in [0.2, 0.25) is 0 Å². The molecule has 0 amide bonds. The number of anilines is 1. The molecule has 0 spiro atoms. The Hall–Kier alpha value is -1.29. The van der Waals surface area contributed by atoms with Gasteiger partial charge in [-0.25, -0.2) is 4.98 Å². The van der Waals surface area contributed by atoms with E-state index in [9.17, 15) is 0 Å². The number of hydrogen-bond donors (Lipinski definition) is 2. The Morgan fingerprint density at radius 2 is 2.50 bits per heavy atom. The zero-order chi connectivity index (χ0) is 9.97. The number of nitrogens with zero attached hydrogens (tertiary/aromatic N) is 1. The Balaban J connectivity index is 2.06. The van der Waals surface area contributed by atoms with E-state index in [1.807, 2.05) is 19.1 Å². The van der Waals surface area contributed by atoms with Crippen LogP contribution in [0.1, 0.15) is 13.3 Å². The van der Waals surface area contributed by atoms with E-state index in [0.717, 1.165) is 18.0 Å². The Kier molecular flexibility index (Phi) is 2.54. The third kappa shape index (κ3) is 1.96. The summed E-state index contributed by atoms with van der Waals surface area (Å²) in [5, 5.41) is 3.26. The van der Waals surface area contributed by atoms with E-state index in [4.69, 9.17) is 10.5 Å². The van der Waals surface area contributed by atoms with E-state index in [2.05, 4.69) is 10.3 Å². The average Bonchev–Trinajstić information content (AvgIpc) is 2.86. The molecule has 1 aromatic heterocycles. The maximum atomic E-state index is 5.71. The minimum atomic E-state index is 0.270. The summed E-state index contributed by atoms with van der Waals surface area (Å²) in [6, 6.07) is 4.41. The zero-order valence-corrected chi connectivity index (χ0v) is 8.23. The molecule has 0 aromatic carbocycles. The standard InChI is InChI=1S/C10H15N3O/c1-2-14-9-4-3-5-12-10(9)13-8-6-7(8)11/h3-5,7-8H,2,6,11H2,1H3,(H,12,13). The number of nitrogens with one attached hydrogen (secondary N) is 1. The Labute approximate surface area is 83.5 Å². The van der Waals surface area contributed by atoms with Gasteiger partial charge in [-0.15, -0.1) is 0 Å². The molecule has 1 aliphatic carbocycles. The van der Waals surface area contributed by atoms with Crippen molar-refractivity contribution < 1.29 is 4.74 Å². The highest BCUT2D eigenvalue weighted by Crippen LogP contribution is 2.28. The fourth-order valence-corrected chi connectivity index (χ4v) is 1.33.